The number of thiazole rings is 1. The lowest BCUT2D eigenvalue weighted by Crippen LogP contribution is -2.22. The Morgan fingerprint density at radius 2 is 2.00 bits per heavy atom. The molecule has 0 unspecified atom stereocenters. The lowest BCUT2D eigenvalue weighted by molar-refractivity contribution is -0.115. The molecule has 0 saturated heterocycles. The predicted molar refractivity (Wildman–Crippen MR) is 113 cm³/mol. The van der Waals surface area contributed by atoms with Crippen molar-refractivity contribution in [3.8, 4) is 11.5 Å². The molecule has 7 heteroatoms. The van der Waals surface area contributed by atoms with Gasteiger partial charge in [0.25, 0.3) is 0 Å². The van der Waals surface area contributed by atoms with Crippen molar-refractivity contribution in [2.24, 2.45) is 0 Å². The number of hydrogen-bond acceptors (Lipinski definition) is 6. The van der Waals surface area contributed by atoms with E-state index in [-0.39, 0.29) is 5.91 Å². The average molecular weight is 413 g/mol. The summed E-state index contributed by atoms with van der Waals surface area (Å²) in [6.07, 6.45) is 0. The van der Waals surface area contributed by atoms with E-state index in [4.69, 9.17) is 9.47 Å². The highest BCUT2D eigenvalue weighted by Crippen LogP contribution is 2.36. The molecule has 1 aliphatic rings. The Morgan fingerprint density at radius 1 is 1.18 bits per heavy atom. The van der Waals surface area contributed by atoms with Gasteiger partial charge >= 0.3 is 0 Å². The van der Waals surface area contributed by atoms with Crippen LogP contribution >= 0.6 is 23.1 Å². The summed E-state index contributed by atoms with van der Waals surface area (Å²) < 4.78 is 11.2. The van der Waals surface area contributed by atoms with Crippen molar-refractivity contribution in [3.05, 3.63) is 59.1 Å². The lowest BCUT2D eigenvalue weighted by Gasteiger charge is -2.18. The maximum absolute atomic E-state index is 12.2. The number of carbonyl (C=O) groups excluding carboxylic acids is 1. The van der Waals surface area contributed by atoms with E-state index in [2.05, 4.69) is 4.98 Å². The van der Waals surface area contributed by atoms with Crippen LogP contribution in [0.5, 0.6) is 11.5 Å². The van der Waals surface area contributed by atoms with Gasteiger partial charge < -0.3 is 9.47 Å². The first-order valence-corrected chi connectivity index (χ1v) is 10.8. The first-order chi connectivity index (χ1) is 13.6. The SMILES string of the molecule is CC(=O)N(c1cccc(C)c1)c1nc(CSc2ccc3c(c2)OCCO3)cs1. The molecule has 2 heterocycles. The van der Waals surface area contributed by atoms with E-state index in [0.29, 0.717) is 18.3 Å². The van der Waals surface area contributed by atoms with Crippen LogP contribution in [-0.4, -0.2) is 24.1 Å². The summed E-state index contributed by atoms with van der Waals surface area (Å²) >= 11 is 3.16. The normalized spacial score (nSPS) is 12.6. The van der Waals surface area contributed by atoms with Crippen molar-refractivity contribution in [2.45, 2.75) is 24.5 Å². The molecule has 1 aliphatic heterocycles. The van der Waals surface area contributed by atoms with Gasteiger partial charge in [-0.1, -0.05) is 12.1 Å². The minimum atomic E-state index is -0.0500. The third kappa shape index (κ3) is 4.15. The van der Waals surface area contributed by atoms with Gasteiger partial charge in [-0.3, -0.25) is 9.69 Å². The second-order valence-electron chi connectivity index (χ2n) is 6.41. The molecule has 0 spiro atoms. The molecule has 3 aromatic rings. The third-order valence-electron chi connectivity index (χ3n) is 4.21. The number of amides is 1. The number of aryl methyl sites for hydroxylation is 1. The molecule has 0 atom stereocenters. The van der Waals surface area contributed by atoms with E-state index in [1.54, 1.807) is 23.6 Å². The summed E-state index contributed by atoms with van der Waals surface area (Å²) in [7, 11) is 0. The molecule has 4 rings (SSSR count). The Hall–Kier alpha value is -2.51. The third-order valence-corrected chi connectivity index (χ3v) is 6.11. The number of anilines is 2. The highest BCUT2D eigenvalue weighted by molar-refractivity contribution is 7.98. The second kappa shape index (κ2) is 8.24. The first kappa shape index (κ1) is 18.8. The van der Waals surface area contributed by atoms with Crippen molar-refractivity contribution >= 4 is 39.8 Å². The van der Waals surface area contributed by atoms with Crippen molar-refractivity contribution in [2.75, 3.05) is 18.1 Å². The minimum absolute atomic E-state index is 0.0500. The summed E-state index contributed by atoms with van der Waals surface area (Å²) in [6.45, 7) is 4.75. The van der Waals surface area contributed by atoms with Crippen LogP contribution in [0.3, 0.4) is 0 Å². The fourth-order valence-corrected chi connectivity index (χ4v) is 4.74. The van der Waals surface area contributed by atoms with Crippen LogP contribution in [0.1, 0.15) is 18.2 Å². The number of carbonyl (C=O) groups is 1. The summed E-state index contributed by atoms with van der Waals surface area (Å²) in [5.41, 5.74) is 2.89. The zero-order valence-electron chi connectivity index (χ0n) is 15.7. The maximum Gasteiger partial charge on any atom is 0.230 e. The molecule has 2 aromatic carbocycles. The fourth-order valence-electron chi connectivity index (χ4n) is 2.93. The number of benzene rings is 2. The van der Waals surface area contributed by atoms with E-state index in [0.717, 1.165) is 39.1 Å². The lowest BCUT2D eigenvalue weighted by atomic mass is 10.2. The summed E-state index contributed by atoms with van der Waals surface area (Å²) in [6, 6.07) is 13.9. The molecule has 0 bridgehead atoms. The molecule has 0 N–H and O–H groups in total. The Labute approximate surface area is 172 Å². The topological polar surface area (TPSA) is 51.7 Å². The van der Waals surface area contributed by atoms with Gasteiger partial charge in [0.15, 0.2) is 16.6 Å². The van der Waals surface area contributed by atoms with Gasteiger partial charge in [-0.25, -0.2) is 4.98 Å². The van der Waals surface area contributed by atoms with E-state index >= 15 is 0 Å². The highest BCUT2D eigenvalue weighted by Gasteiger charge is 2.18. The zero-order chi connectivity index (χ0) is 19.5. The molecule has 0 fully saturated rings. The van der Waals surface area contributed by atoms with Crippen LogP contribution in [0.2, 0.25) is 0 Å². The fraction of sp³-hybridized carbons (Fsp3) is 0.238. The van der Waals surface area contributed by atoms with E-state index in [9.17, 15) is 4.79 Å². The zero-order valence-corrected chi connectivity index (χ0v) is 17.3. The highest BCUT2D eigenvalue weighted by atomic mass is 32.2. The van der Waals surface area contributed by atoms with Crippen LogP contribution in [0.4, 0.5) is 10.8 Å². The van der Waals surface area contributed by atoms with Crippen LogP contribution < -0.4 is 14.4 Å². The Kier molecular flexibility index (Phi) is 5.54. The number of thioether (sulfide) groups is 1. The monoisotopic (exact) mass is 412 g/mol. The van der Waals surface area contributed by atoms with Crippen LogP contribution in [-0.2, 0) is 10.5 Å². The number of fused-ring (bicyclic) bond motifs is 1. The van der Waals surface area contributed by atoms with E-state index in [1.165, 1.54) is 11.3 Å². The second-order valence-corrected chi connectivity index (χ2v) is 8.29. The van der Waals surface area contributed by atoms with E-state index in [1.807, 2.05) is 54.8 Å². The molecule has 0 saturated carbocycles. The number of rotatable bonds is 5. The van der Waals surface area contributed by atoms with Crippen LogP contribution in [0.15, 0.2) is 52.7 Å². The quantitative estimate of drug-likeness (QED) is 0.539. The van der Waals surface area contributed by atoms with Crippen molar-refractivity contribution in [3.63, 3.8) is 0 Å². The first-order valence-electron chi connectivity index (χ1n) is 8.94. The molecule has 1 aromatic heterocycles. The Morgan fingerprint density at radius 3 is 2.79 bits per heavy atom. The Balaban J connectivity index is 1.48. The maximum atomic E-state index is 12.2. The van der Waals surface area contributed by atoms with Crippen molar-refractivity contribution in [1.29, 1.82) is 0 Å². The smallest absolute Gasteiger partial charge is 0.230 e. The average Bonchev–Trinajstić information content (AvgIpc) is 3.14. The van der Waals surface area contributed by atoms with Crippen LogP contribution in [0.25, 0.3) is 0 Å². The van der Waals surface area contributed by atoms with Gasteiger partial charge in [0.1, 0.15) is 13.2 Å². The Bertz CT molecular complexity index is 1000. The number of nitrogens with zero attached hydrogens (tertiary/aromatic N) is 2. The molecular formula is C21H20N2O3S2. The van der Waals surface area contributed by atoms with E-state index < -0.39 is 0 Å². The van der Waals surface area contributed by atoms with Gasteiger partial charge in [0.05, 0.1) is 11.4 Å². The number of hydrogen-bond donors (Lipinski definition) is 0. The predicted octanol–water partition coefficient (Wildman–Crippen LogP) is 5.20. The summed E-state index contributed by atoms with van der Waals surface area (Å²) in [5.74, 6) is 2.25. The summed E-state index contributed by atoms with van der Waals surface area (Å²) in [4.78, 5) is 19.7. The number of ether oxygens (including phenoxy) is 2. The van der Waals surface area contributed by atoms with Crippen molar-refractivity contribution < 1.29 is 14.3 Å². The van der Waals surface area contributed by atoms with Gasteiger partial charge in [0, 0.05) is 23.0 Å². The molecular weight excluding hydrogens is 392 g/mol. The van der Waals surface area contributed by atoms with Gasteiger partial charge in [-0.15, -0.1) is 23.1 Å². The molecule has 144 valence electrons. The summed E-state index contributed by atoms with van der Waals surface area (Å²) in [5, 5.41) is 2.70. The molecule has 5 nitrogen and oxygen atoms in total. The van der Waals surface area contributed by atoms with Gasteiger partial charge in [0.2, 0.25) is 5.91 Å². The van der Waals surface area contributed by atoms with Gasteiger partial charge in [-0.05, 0) is 42.8 Å². The molecule has 28 heavy (non-hydrogen) atoms. The van der Waals surface area contributed by atoms with Crippen molar-refractivity contribution in [1.82, 2.24) is 4.98 Å². The molecule has 0 radical (unpaired) electrons. The van der Waals surface area contributed by atoms with Crippen LogP contribution in [0, 0.1) is 6.92 Å². The number of aromatic nitrogens is 1. The largest absolute Gasteiger partial charge is 0.486 e. The van der Waals surface area contributed by atoms with Gasteiger partial charge in [-0.2, -0.15) is 0 Å². The molecule has 0 aliphatic carbocycles. The molecule has 1 amide bonds. The standard InChI is InChI=1S/C21H20N2O3S2/c1-14-4-3-5-17(10-14)23(15(2)24)21-22-16(13-28-21)12-27-18-6-7-19-20(11-18)26-9-8-25-19/h3-7,10-11,13H,8-9,12H2,1-2H3. The minimum Gasteiger partial charge on any atom is -0.486 e.